The van der Waals surface area contributed by atoms with Gasteiger partial charge in [0.05, 0.1) is 17.8 Å². The van der Waals surface area contributed by atoms with Crippen molar-refractivity contribution in [2.45, 2.75) is 33.3 Å². The van der Waals surface area contributed by atoms with Crippen LogP contribution in [0.5, 0.6) is 5.75 Å². The Morgan fingerprint density at radius 2 is 1.97 bits per heavy atom. The second-order valence-electron chi connectivity index (χ2n) is 7.78. The van der Waals surface area contributed by atoms with E-state index in [-0.39, 0.29) is 12.5 Å². The highest BCUT2D eigenvalue weighted by Crippen LogP contribution is 2.26. The minimum absolute atomic E-state index is 0.178. The Morgan fingerprint density at radius 3 is 2.78 bits per heavy atom. The fraction of sp³-hybridized carbons (Fsp3) is 0.292. The molecule has 2 aromatic carbocycles. The molecule has 0 saturated heterocycles. The molecule has 0 unspecified atom stereocenters. The van der Waals surface area contributed by atoms with Gasteiger partial charge in [-0.25, -0.2) is 0 Å². The van der Waals surface area contributed by atoms with E-state index >= 15 is 0 Å². The Kier molecular flexibility index (Phi) is 6.39. The van der Waals surface area contributed by atoms with Crippen molar-refractivity contribution in [2.24, 2.45) is 0 Å². The number of carbonyl (C=O) groups is 2. The Morgan fingerprint density at radius 1 is 1.12 bits per heavy atom. The van der Waals surface area contributed by atoms with Gasteiger partial charge in [-0.05, 0) is 56.5 Å². The molecule has 0 atom stereocenters. The maximum Gasteiger partial charge on any atom is 0.269 e. The van der Waals surface area contributed by atoms with Crippen molar-refractivity contribution in [3.63, 3.8) is 0 Å². The van der Waals surface area contributed by atoms with Crippen LogP contribution in [0.4, 0.5) is 5.69 Å². The van der Waals surface area contributed by atoms with Crippen molar-refractivity contribution in [3.8, 4) is 5.75 Å². The van der Waals surface area contributed by atoms with Gasteiger partial charge < -0.3 is 14.2 Å². The van der Waals surface area contributed by atoms with Gasteiger partial charge in [0.2, 0.25) is 0 Å². The monoisotopic (exact) mass is 434 g/mol. The number of para-hydroxylation sites is 1. The molecule has 0 radical (unpaired) electrons. The smallest absolute Gasteiger partial charge is 0.269 e. The number of carbonyl (C=O) groups excluding carboxylic acids is 2. The molecule has 2 heterocycles. The van der Waals surface area contributed by atoms with E-state index < -0.39 is 5.91 Å². The first-order valence-electron chi connectivity index (χ1n) is 10.6. The van der Waals surface area contributed by atoms with E-state index in [0.717, 1.165) is 36.3 Å². The van der Waals surface area contributed by atoms with E-state index in [1.54, 1.807) is 24.3 Å². The third kappa shape index (κ3) is 4.91. The Balaban J connectivity index is 1.30. The van der Waals surface area contributed by atoms with Gasteiger partial charge >= 0.3 is 0 Å². The van der Waals surface area contributed by atoms with Crippen LogP contribution in [0.15, 0.2) is 53.1 Å². The summed E-state index contributed by atoms with van der Waals surface area (Å²) in [5.41, 5.74) is 9.33. The molecule has 2 amide bonds. The first-order chi connectivity index (χ1) is 15.5. The molecule has 0 fully saturated rings. The van der Waals surface area contributed by atoms with Gasteiger partial charge in [-0.15, -0.1) is 0 Å². The number of aromatic nitrogens is 1. The average molecular weight is 434 g/mol. The number of nitrogens with zero attached hydrogens (tertiary/aromatic N) is 2. The molecule has 166 valence electrons. The fourth-order valence-electron chi connectivity index (χ4n) is 3.78. The van der Waals surface area contributed by atoms with Crippen LogP contribution >= 0.6 is 0 Å². The first-order valence-corrected chi connectivity index (χ1v) is 10.6. The molecule has 0 spiro atoms. The second-order valence-corrected chi connectivity index (χ2v) is 7.78. The Hall–Kier alpha value is -3.81. The Labute approximate surface area is 186 Å². The van der Waals surface area contributed by atoms with Gasteiger partial charge in [-0.3, -0.25) is 20.4 Å². The van der Waals surface area contributed by atoms with Crippen LogP contribution in [-0.2, 0) is 17.8 Å². The van der Waals surface area contributed by atoms with Crippen molar-refractivity contribution in [1.82, 2.24) is 16.0 Å². The lowest BCUT2D eigenvalue weighted by Gasteiger charge is -2.30. The van der Waals surface area contributed by atoms with E-state index in [2.05, 4.69) is 22.1 Å². The maximum atomic E-state index is 12.5. The summed E-state index contributed by atoms with van der Waals surface area (Å²) in [6, 6.07) is 14.9. The van der Waals surface area contributed by atoms with Crippen molar-refractivity contribution in [1.29, 1.82) is 0 Å². The van der Waals surface area contributed by atoms with Gasteiger partial charge in [-0.2, -0.15) is 0 Å². The van der Waals surface area contributed by atoms with E-state index in [0.29, 0.717) is 23.7 Å². The molecule has 32 heavy (non-hydrogen) atoms. The molecular formula is C24H26N4O4. The van der Waals surface area contributed by atoms with E-state index in [4.69, 9.17) is 9.26 Å². The topological polar surface area (TPSA) is 96.7 Å². The van der Waals surface area contributed by atoms with Crippen LogP contribution in [0.1, 0.15) is 39.4 Å². The van der Waals surface area contributed by atoms with Crippen molar-refractivity contribution >= 4 is 17.5 Å². The number of rotatable bonds is 6. The SMILES string of the molecule is Cc1noc(C)c1COc1cccc(C(=O)NNC(=O)CN2CCCc3ccccc32)c1. The number of hydrazine groups is 1. The zero-order valence-electron chi connectivity index (χ0n) is 18.2. The van der Waals surface area contributed by atoms with E-state index in [1.807, 2.05) is 36.9 Å². The summed E-state index contributed by atoms with van der Waals surface area (Å²) in [7, 11) is 0. The molecule has 8 nitrogen and oxygen atoms in total. The number of anilines is 1. The number of benzene rings is 2. The number of ether oxygens (including phenoxy) is 1. The van der Waals surface area contributed by atoms with Crippen LogP contribution in [0.25, 0.3) is 0 Å². The number of hydrogen-bond acceptors (Lipinski definition) is 6. The third-order valence-corrected chi connectivity index (χ3v) is 5.52. The average Bonchev–Trinajstić information content (AvgIpc) is 3.13. The molecule has 4 rings (SSSR count). The standard InChI is InChI=1S/C24H26N4O4/c1-16-21(17(2)32-27-16)15-31-20-10-5-8-19(13-20)24(30)26-25-23(29)14-28-12-6-9-18-7-3-4-11-22(18)28/h3-5,7-8,10-11,13H,6,9,12,14-15H2,1-2H3,(H,25,29)(H,26,30). The molecule has 2 N–H and O–H groups in total. The largest absolute Gasteiger partial charge is 0.489 e. The first kappa shape index (κ1) is 21.4. The highest BCUT2D eigenvalue weighted by Gasteiger charge is 2.19. The van der Waals surface area contributed by atoms with Gasteiger partial charge in [0, 0.05) is 17.8 Å². The summed E-state index contributed by atoms with van der Waals surface area (Å²) < 4.78 is 10.9. The maximum absolute atomic E-state index is 12.5. The lowest BCUT2D eigenvalue weighted by Crippen LogP contribution is -2.47. The van der Waals surface area contributed by atoms with E-state index in [9.17, 15) is 9.59 Å². The lowest BCUT2D eigenvalue weighted by atomic mass is 10.0. The summed E-state index contributed by atoms with van der Waals surface area (Å²) >= 11 is 0. The highest BCUT2D eigenvalue weighted by molar-refractivity contribution is 5.96. The summed E-state index contributed by atoms with van der Waals surface area (Å²) in [5, 5.41) is 3.91. The molecule has 3 aromatic rings. The zero-order valence-corrected chi connectivity index (χ0v) is 18.2. The number of hydrogen-bond donors (Lipinski definition) is 2. The summed E-state index contributed by atoms with van der Waals surface area (Å²) in [6.07, 6.45) is 2.01. The number of amides is 2. The molecule has 0 aliphatic carbocycles. The third-order valence-electron chi connectivity index (χ3n) is 5.52. The van der Waals surface area contributed by atoms with Crippen LogP contribution in [0, 0.1) is 13.8 Å². The molecule has 8 heteroatoms. The zero-order chi connectivity index (χ0) is 22.5. The minimum Gasteiger partial charge on any atom is -0.489 e. The molecule has 1 aliphatic heterocycles. The Bertz CT molecular complexity index is 1110. The minimum atomic E-state index is -0.416. The van der Waals surface area contributed by atoms with Crippen molar-refractivity contribution in [3.05, 3.63) is 76.7 Å². The van der Waals surface area contributed by atoms with Crippen molar-refractivity contribution in [2.75, 3.05) is 18.0 Å². The van der Waals surface area contributed by atoms with Crippen LogP contribution in [0.3, 0.4) is 0 Å². The van der Waals surface area contributed by atoms with Crippen LogP contribution < -0.4 is 20.5 Å². The fourth-order valence-corrected chi connectivity index (χ4v) is 3.78. The number of aryl methyl sites for hydroxylation is 3. The molecular weight excluding hydrogens is 408 g/mol. The van der Waals surface area contributed by atoms with Gasteiger partial charge in [-0.1, -0.05) is 29.4 Å². The van der Waals surface area contributed by atoms with E-state index in [1.165, 1.54) is 5.56 Å². The highest BCUT2D eigenvalue weighted by atomic mass is 16.5. The predicted octanol–water partition coefficient (Wildman–Crippen LogP) is 3.08. The van der Waals surface area contributed by atoms with Crippen LogP contribution in [0.2, 0.25) is 0 Å². The van der Waals surface area contributed by atoms with Crippen LogP contribution in [-0.4, -0.2) is 30.1 Å². The molecule has 0 saturated carbocycles. The number of nitrogens with one attached hydrogen (secondary N) is 2. The molecule has 1 aliphatic rings. The number of fused-ring (bicyclic) bond motifs is 1. The lowest BCUT2D eigenvalue weighted by molar-refractivity contribution is -0.120. The normalized spacial score (nSPS) is 12.8. The van der Waals surface area contributed by atoms with Gasteiger partial charge in [0.1, 0.15) is 18.1 Å². The second kappa shape index (κ2) is 9.55. The quantitative estimate of drug-likeness (QED) is 0.579. The summed E-state index contributed by atoms with van der Waals surface area (Å²) in [5.74, 6) is 0.547. The molecule has 1 aromatic heterocycles. The summed E-state index contributed by atoms with van der Waals surface area (Å²) in [4.78, 5) is 27.0. The van der Waals surface area contributed by atoms with Gasteiger partial charge in [0.25, 0.3) is 11.8 Å². The van der Waals surface area contributed by atoms with Gasteiger partial charge in [0.15, 0.2) is 0 Å². The molecule has 0 bridgehead atoms. The summed E-state index contributed by atoms with van der Waals surface area (Å²) in [6.45, 7) is 4.96. The predicted molar refractivity (Wildman–Crippen MR) is 119 cm³/mol. The van der Waals surface area contributed by atoms with Crippen molar-refractivity contribution < 1.29 is 18.8 Å².